The molecule has 24 heavy (non-hydrogen) atoms. The van der Waals surface area contributed by atoms with Gasteiger partial charge in [0.15, 0.2) is 6.29 Å². The number of aliphatic hydroxyl groups is 2. The third kappa shape index (κ3) is 4.72. The van der Waals surface area contributed by atoms with Crippen LogP contribution in [-0.2, 0) is 9.47 Å². The van der Waals surface area contributed by atoms with Gasteiger partial charge in [-0.05, 0) is 75.5 Å². The summed E-state index contributed by atoms with van der Waals surface area (Å²) < 4.78 is 11.5. The van der Waals surface area contributed by atoms with Crippen molar-refractivity contribution in [1.29, 1.82) is 0 Å². The first-order valence-corrected chi connectivity index (χ1v) is 9.88. The molecule has 4 nitrogen and oxygen atoms in total. The van der Waals surface area contributed by atoms with Crippen LogP contribution in [0.25, 0.3) is 0 Å². The van der Waals surface area contributed by atoms with Gasteiger partial charge in [0.1, 0.15) is 0 Å². The smallest absolute Gasteiger partial charge is 0.155 e. The van der Waals surface area contributed by atoms with Crippen LogP contribution in [0.15, 0.2) is 0 Å². The third-order valence-electron chi connectivity index (χ3n) is 6.75. The molecule has 142 valence electrons. The molecule has 7 atom stereocenters. The fraction of sp³-hybridized carbons (Fsp3) is 1.00. The topological polar surface area (TPSA) is 58.9 Å². The van der Waals surface area contributed by atoms with Crippen LogP contribution in [-0.4, -0.2) is 41.4 Å². The lowest BCUT2D eigenvalue weighted by Gasteiger charge is -2.48. The predicted octanol–water partition coefficient (Wildman–Crippen LogP) is 3.74. The minimum absolute atomic E-state index is 0.129. The molecule has 0 radical (unpaired) electrons. The third-order valence-corrected chi connectivity index (χ3v) is 6.75. The Morgan fingerprint density at radius 1 is 1.00 bits per heavy atom. The minimum Gasteiger partial charge on any atom is -0.393 e. The molecule has 0 aromatic heterocycles. The molecule has 2 aliphatic rings. The second kappa shape index (κ2) is 8.48. The highest BCUT2D eigenvalue weighted by Gasteiger charge is 2.44. The Morgan fingerprint density at radius 2 is 1.58 bits per heavy atom. The SMILES string of the molecule is CCOC(C)OC1CC(C(C)(C)C2CCC(O)C(C)C2)CCC1O. The summed E-state index contributed by atoms with van der Waals surface area (Å²) in [4.78, 5) is 0. The number of rotatable bonds is 6. The molecule has 0 saturated heterocycles. The highest BCUT2D eigenvalue weighted by Crippen LogP contribution is 2.49. The summed E-state index contributed by atoms with van der Waals surface area (Å²) >= 11 is 0. The zero-order chi connectivity index (χ0) is 17.9. The van der Waals surface area contributed by atoms with Crippen LogP contribution in [0.2, 0.25) is 0 Å². The van der Waals surface area contributed by atoms with Gasteiger partial charge in [-0.3, -0.25) is 0 Å². The van der Waals surface area contributed by atoms with Gasteiger partial charge in [0.2, 0.25) is 0 Å². The molecule has 0 heterocycles. The maximum atomic E-state index is 10.3. The molecule has 0 aliphatic heterocycles. The lowest BCUT2D eigenvalue weighted by Crippen LogP contribution is -2.45. The number of ether oxygens (including phenoxy) is 2. The standard InChI is InChI=1S/C20H38O4/c1-6-23-14(3)24-19-12-16(8-10-18(19)22)20(4,5)15-7-9-17(21)13(2)11-15/h13-19,21-22H,6-12H2,1-5H3. The fourth-order valence-electron chi connectivity index (χ4n) is 4.84. The summed E-state index contributed by atoms with van der Waals surface area (Å²) in [6, 6.07) is 0. The summed E-state index contributed by atoms with van der Waals surface area (Å²) in [6.45, 7) is 11.4. The Hall–Kier alpha value is -0.160. The quantitative estimate of drug-likeness (QED) is 0.722. The van der Waals surface area contributed by atoms with Gasteiger partial charge in [-0.25, -0.2) is 0 Å². The van der Waals surface area contributed by atoms with Crippen LogP contribution in [0.1, 0.15) is 73.1 Å². The molecule has 2 N–H and O–H groups in total. The second-order valence-electron chi connectivity index (χ2n) is 8.65. The molecule has 0 amide bonds. The van der Waals surface area contributed by atoms with Crippen molar-refractivity contribution in [3.05, 3.63) is 0 Å². The predicted molar refractivity (Wildman–Crippen MR) is 95.6 cm³/mol. The van der Waals surface area contributed by atoms with E-state index in [0.717, 1.165) is 38.5 Å². The minimum atomic E-state index is -0.382. The van der Waals surface area contributed by atoms with Crippen molar-refractivity contribution in [2.45, 2.75) is 97.7 Å². The monoisotopic (exact) mass is 342 g/mol. The van der Waals surface area contributed by atoms with E-state index in [9.17, 15) is 10.2 Å². The van der Waals surface area contributed by atoms with Gasteiger partial charge < -0.3 is 19.7 Å². The molecule has 0 aromatic carbocycles. The van der Waals surface area contributed by atoms with E-state index >= 15 is 0 Å². The normalized spacial score (nSPS) is 39.6. The van der Waals surface area contributed by atoms with Crippen LogP contribution in [0.4, 0.5) is 0 Å². The van der Waals surface area contributed by atoms with E-state index < -0.39 is 0 Å². The van der Waals surface area contributed by atoms with Crippen molar-refractivity contribution in [2.24, 2.45) is 23.2 Å². The molecule has 2 fully saturated rings. The maximum absolute atomic E-state index is 10.3. The summed E-state index contributed by atoms with van der Waals surface area (Å²) in [5, 5.41) is 20.4. The number of hydrogen-bond acceptors (Lipinski definition) is 4. The summed E-state index contributed by atoms with van der Waals surface area (Å²) in [7, 11) is 0. The van der Waals surface area contributed by atoms with E-state index in [1.807, 2.05) is 13.8 Å². The molecule has 0 bridgehead atoms. The average molecular weight is 343 g/mol. The average Bonchev–Trinajstić information content (AvgIpc) is 2.52. The molecule has 2 saturated carbocycles. The molecule has 2 rings (SSSR count). The van der Waals surface area contributed by atoms with Crippen LogP contribution in [0.3, 0.4) is 0 Å². The summed E-state index contributed by atoms with van der Waals surface area (Å²) in [6.07, 6.45) is 5.00. The van der Waals surface area contributed by atoms with Gasteiger partial charge in [0, 0.05) is 6.61 Å². The van der Waals surface area contributed by atoms with Gasteiger partial charge in [-0.2, -0.15) is 0 Å². The van der Waals surface area contributed by atoms with Crippen molar-refractivity contribution in [3.8, 4) is 0 Å². The highest BCUT2D eigenvalue weighted by molar-refractivity contribution is 4.94. The van der Waals surface area contributed by atoms with E-state index in [4.69, 9.17) is 9.47 Å². The van der Waals surface area contributed by atoms with E-state index in [1.54, 1.807) is 0 Å². The van der Waals surface area contributed by atoms with Gasteiger partial charge in [0.05, 0.1) is 18.3 Å². The Morgan fingerprint density at radius 3 is 2.17 bits per heavy atom. The van der Waals surface area contributed by atoms with E-state index in [0.29, 0.717) is 24.4 Å². The van der Waals surface area contributed by atoms with Crippen LogP contribution >= 0.6 is 0 Å². The first-order valence-electron chi connectivity index (χ1n) is 9.88. The zero-order valence-corrected chi connectivity index (χ0v) is 16.2. The number of hydrogen-bond donors (Lipinski definition) is 2. The van der Waals surface area contributed by atoms with Crippen molar-refractivity contribution in [2.75, 3.05) is 6.61 Å². The first kappa shape index (κ1) is 20.2. The molecule has 0 aromatic rings. The molecule has 4 heteroatoms. The summed E-state index contributed by atoms with van der Waals surface area (Å²) in [5.41, 5.74) is 0.213. The maximum Gasteiger partial charge on any atom is 0.155 e. The van der Waals surface area contributed by atoms with Crippen molar-refractivity contribution in [3.63, 3.8) is 0 Å². The first-order chi connectivity index (χ1) is 11.3. The Bertz CT molecular complexity index is 384. The van der Waals surface area contributed by atoms with E-state index in [-0.39, 0.29) is 30.0 Å². The zero-order valence-electron chi connectivity index (χ0n) is 16.2. The Balaban J connectivity index is 1.99. The Kier molecular flexibility index (Phi) is 7.12. The lowest BCUT2D eigenvalue weighted by molar-refractivity contribution is -0.198. The number of aliphatic hydroxyl groups excluding tert-OH is 2. The van der Waals surface area contributed by atoms with Crippen molar-refractivity contribution in [1.82, 2.24) is 0 Å². The van der Waals surface area contributed by atoms with Gasteiger partial charge in [-0.1, -0.05) is 20.8 Å². The van der Waals surface area contributed by atoms with E-state index in [2.05, 4.69) is 20.8 Å². The lowest BCUT2D eigenvalue weighted by atomic mass is 9.59. The van der Waals surface area contributed by atoms with E-state index in [1.165, 1.54) is 0 Å². The fourth-order valence-corrected chi connectivity index (χ4v) is 4.84. The van der Waals surface area contributed by atoms with Crippen LogP contribution in [0, 0.1) is 23.2 Å². The van der Waals surface area contributed by atoms with Crippen LogP contribution in [0.5, 0.6) is 0 Å². The van der Waals surface area contributed by atoms with Crippen LogP contribution < -0.4 is 0 Å². The van der Waals surface area contributed by atoms with Gasteiger partial charge >= 0.3 is 0 Å². The van der Waals surface area contributed by atoms with Crippen molar-refractivity contribution >= 4 is 0 Å². The molecule has 0 spiro atoms. The second-order valence-corrected chi connectivity index (χ2v) is 8.65. The molecular formula is C20H38O4. The summed E-state index contributed by atoms with van der Waals surface area (Å²) in [5.74, 6) is 1.58. The highest BCUT2D eigenvalue weighted by atomic mass is 16.7. The van der Waals surface area contributed by atoms with Gasteiger partial charge in [0.25, 0.3) is 0 Å². The van der Waals surface area contributed by atoms with Gasteiger partial charge in [-0.15, -0.1) is 0 Å². The molecule has 2 aliphatic carbocycles. The Labute approximate surface area is 147 Å². The van der Waals surface area contributed by atoms with Crippen molar-refractivity contribution < 1.29 is 19.7 Å². The largest absolute Gasteiger partial charge is 0.393 e. The molecule has 7 unspecified atom stereocenters. The molecular weight excluding hydrogens is 304 g/mol.